The maximum absolute atomic E-state index is 4.85. The van der Waals surface area contributed by atoms with E-state index >= 15 is 0 Å². The van der Waals surface area contributed by atoms with Gasteiger partial charge >= 0.3 is 0 Å². The van der Waals surface area contributed by atoms with E-state index in [-0.39, 0.29) is 0 Å². The molecule has 0 fully saturated rings. The summed E-state index contributed by atoms with van der Waals surface area (Å²) in [5.74, 6) is 0. The molecule has 31 heavy (non-hydrogen) atoms. The Morgan fingerprint density at radius 1 is 0.677 bits per heavy atom. The molecule has 0 N–H and O–H groups in total. The minimum absolute atomic E-state index is 0.992. The summed E-state index contributed by atoms with van der Waals surface area (Å²) in [7, 11) is 0. The molecule has 3 heterocycles. The summed E-state index contributed by atoms with van der Waals surface area (Å²) in [6.07, 6.45) is 7.84. The van der Waals surface area contributed by atoms with Crippen LogP contribution in [0, 0.1) is 0 Å². The van der Waals surface area contributed by atoms with E-state index in [1.165, 1.54) is 55.3 Å². The molecule has 0 radical (unpaired) electrons. The normalized spacial score (nSPS) is 13.5. The van der Waals surface area contributed by atoms with E-state index in [1.54, 1.807) is 0 Å². The third-order valence-electron chi connectivity index (χ3n) is 7.20. The summed E-state index contributed by atoms with van der Waals surface area (Å²) in [5.41, 5.74) is 14.5. The monoisotopic (exact) mass is 395 g/mol. The van der Waals surface area contributed by atoms with Crippen molar-refractivity contribution in [2.45, 2.75) is 12.8 Å². The van der Waals surface area contributed by atoms with Gasteiger partial charge in [0, 0.05) is 29.4 Å². The van der Waals surface area contributed by atoms with Crippen LogP contribution in [0.2, 0.25) is 0 Å². The zero-order valence-corrected chi connectivity index (χ0v) is 16.8. The minimum atomic E-state index is 0.992. The molecule has 3 nitrogen and oxygen atoms in total. The number of hydrogen-bond acceptors (Lipinski definition) is 2. The lowest BCUT2D eigenvalue weighted by Gasteiger charge is -2.12. The Labute approximate surface area is 178 Å². The van der Waals surface area contributed by atoms with Gasteiger partial charge in [-0.1, -0.05) is 48.5 Å². The number of fused-ring (bicyclic) bond motifs is 14. The van der Waals surface area contributed by atoms with Gasteiger partial charge in [0.25, 0.3) is 0 Å². The largest absolute Gasteiger partial charge is 0.298 e. The van der Waals surface area contributed by atoms with Crippen LogP contribution in [-0.4, -0.2) is 14.4 Å². The first kappa shape index (κ1) is 15.8. The first-order valence-corrected chi connectivity index (χ1v) is 10.8. The molecule has 2 aliphatic carbocycles. The van der Waals surface area contributed by atoms with Gasteiger partial charge in [0.05, 0.1) is 11.0 Å². The van der Waals surface area contributed by atoms with Crippen LogP contribution < -0.4 is 0 Å². The zero-order chi connectivity index (χ0) is 20.1. The Balaban J connectivity index is 1.51. The molecule has 0 amide bonds. The van der Waals surface area contributed by atoms with E-state index in [9.17, 15) is 0 Å². The summed E-state index contributed by atoms with van der Waals surface area (Å²) in [5, 5.41) is 2.41. The number of nitrogens with zero attached hydrogens (tertiary/aromatic N) is 3. The van der Waals surface area contributed by atoms with Crippen molar-refractivity contribution >= 4 is 27.5 Å². The predicted octanol–water partition coefficient (Wildman–Crippen LogP) is 6.18. The van der Waals surface area contributed by atoms with Crippen LogP contribution in [0.25, 0.3) is 49.7 Å². The Kier molecular flexibility index (Phi) is 2.74. The fourth-order valence-electron chi connectivity index (χ4n) is 5.92. The van der Waals surface area contributed by atoms with Crippen LogP contribution in [0.4, 0.5) is 0 Å². The average molecular weight is 395 g/mol. The van der Waals surface area contributed by atoms with E-state index in [4.69, 9.17) is 9.97 Å². The Morgan fingerprint density at radius 2 is 1.55 bits per heavy atom. The number of benzene rings is 3. The third kappa shape index (κ3) is 1.85. The van der Waals surface area contributed by atoms with E-state index < -0.39 is 0 Å². The summed E-state index contributed by atoms with van der Waals surface area (Å²) in [6.45, 7) is 0. The number of aromatic nitrogens is 3. The molecule has 144 valence electrons. The van der Waals surface area contributed by atoms with Crippen molar-refractivity contribution in [3.8, 4) is 22.3 Å². The topological polar surface area (TPSA) is 30.2 Å². The van der Waals surface area contributed by atoms with Gasteiger partial charge in [-0.15, -0.1) is 0 Å². The highest BCUT2D eigenvalue weighted by Crippen LogP contribution is 2.49. The maximum atomic E-state index is 4.85. The SMILES string of the molecule is c1ccc2c(c1)Cc1c-2ccc2c1Cc1ccc3c(c1-2)c1ncccc1n1ccnc31. The first-order valence-electron chi connectivity index (χ1n) is 10.8. The second kappa shape index (κ2) is 5.38. The maximum Gasteiger partial charge on any atom is 0.145 e. The van der Waals surface area contributed by atoms with Crippen molar-refractivity contribution in [1.29, 1.82) is 0 Å². The van der Waals surface area contributed by atoms with Crippen molar-refractivity contribution < 1.29 is 0 Å². The number of pyridine rings is 2. The zero-order valence-electron chi connectivity index (χ0n) is 16.8. The molecule has 0 aliphatic heterocycles. The number of hydrogen-bond donors (Lipinski definition) is 0. The molecule has 6 aromatic rings. The fraction of sp³-hybridized carbons (Fsp3) is 0.0714. The number of imidazole rings is 1. The van der Waals surface area contributed by atoms with Crippen molar-refractivity contribution in [1.82, 2.24) is 14.4 Å². The molecule has 0 bridgehead atoms. The van der Waals surface area contributed by atoms with Gasteiger partial charge in [-0.2, -0.15) is 0 Å². The van der Waals surface area contributed by atoms with Crippen molar-refractivity contribution in [3.63, 3.8) is 0 Å². The summed E-state index contributed by atoms with van der Waals surface area (Å²) >= 11 is 0. The van der Waals surface area contributed by atoms with Gasteiger partial charge in [0.1, 0.15) is 5.65 Å². The first-order chi connectivity index (χ1) is 15.4. The molecule has 0 saturated carbocycles. The summed E-state index contributed by atoms with van der Waals surface area (Å²) in [6, 6.07) is 22.2. The summed E-state index contributed by atoms with van der Waals surface area (Å²) in [4.78, 5) is 9.54. The van der Waals surface area contributed by atoms with Crippen molar-refractivity contribution in [3.05, 3.63) is 102 Å². The van der Waals surface area contributed by atoms with Gasteiger partial charge in [-0.25, -0.2) is 4.98 Å². The lowest BCUT2D eigenvalue weighted by atomic mass is 9.94. The highest BCUT2D eigenvalue weighted by Gasteiger charge is 2.29. The van der Waals surface area contributed by atoms with Crippen LogP contribution in [0.15, 0.2) is 79.3 Å². The standard InChI is InChI=1S/C28H17N3/c1-2-5-18-16(4-1)14-22-19(18)9-10-20-23(22)15-17-7-8-21-26(25(17)20)27-24(6-3-11-29-27)31-13-12-30-28(21)31/h1-13H,14-15H2. The smallest absolute Gasteiger partial charge is 0.145 e. The van der Waals surface area contributed by atoms with E-state index in [2.05, 4.69) is 59.0 Å². The average Bonchev–Trinajstić information content (AvgIpc) is 3.53. The van der Waals surface area contributed by atoms with Gasteiger partial charge < -0.3 is 0 Å². The van der Waals surface area contributed by atoms with E-state index in [0.717, 1.165) is 29.5 Å². The lowest BCUT2D eigenvalue weighted by molar-refractivity contribution is 1.16. The van der Waals surface area contributed by atoms with E-state index in [1.807, 2.05) is 24.7 Å². The number of rotatable bonds is 0. The molecule has 8 rings (SSSR count). The van der Waals surface area contributed by atoms with Crippen LogP contribution >= 0.6 is 0 Å². The Hall–Kier alpha value is -3.98. The molecule has 0 spiro atoms. The molecule has 0 atom stereocenters. The molecule has 3 aromatic carbocycles. The minimum Gasteiger partial charge on any atom is -0.298 e. The molecule has 3 heteroatoms. The quantitative estimate of drug-likeness (QED) is 0.287. The van der Waals surface area contributed by atoms with Crippen molar-refractivity contribution in [2.75, 3.05) is 0 Å². The second-order valence-electron chi connectivity index (χ2n) is 8.64. The van der Waals surface area contributed by atoms with Crippen LogP contribution in [-0.2, 0) is 12.8 Å². The highest BCUT2D eigenvalue weighted by atomic mass is 15.0. The molecule has 2 aliphatic rings. The highest BCUT2D eigenvalue weighted by molar-refractivity contribution is 6.18. The van der Waals surface area contributed by atoms with Crippen LogP contribution in [0.3, 0.4) is 0 Å². The molecule has 0 saturated heterocycles. The van der Waals surface area contributed by atoms with E-state index in [0.29, 0.717) is 0 Å². The Morgan fingerprint density at radius 3 is 2.55 bits per heavy atom. The third-order valence-corrected chi connectivity index (χ3v) is 7.20. The van der Waals surface area contributed by atoms with Crippen LogP contribution in [0.5, 0.6) is 0 Å². The summed E-state index contributed by atoms with van der Waals surface area (Å²) < 4.78 is 2.16. The fourth-order valence-corrected chi connectivity index (χ4v) is 5.92. The second-order valence-corrected chi connectivity index (χ2v) is 8.64. The Bertz CT molecular complexity index is 1740. The van der Waals surface area contributed by atoms with Gasteiger partial charge in [-0.05, 0) is 69.5 Å². The molecule has 3 aromatic heterocycles. The lowest BCUT2D eigenvalue weighted by Crippen LogP contribution is -1.94. The van der Waals surface area contributed by atoms with Gasteiger partial charge in [-0.3, -0.25) is 9.38 Å². The van der Waals surface area contributed by atoms with Crippen molar-refractivity contribution in [2.24, 2.45) is 0 Å². The predicted molar refractivity (Wildman–Crippen MR) is 124 cm³/mol. The molecule has 0 unspecified atom stereocenters. The van der Waals surface area contributed by atoms with Crippen LogP contribution in [0.1, 0.15) is 22.3 Å². The van der Waals surface area contributed by atoms with Gasteiger partial charge in [0.2, 0.25) is 0 Å². The molecular formula is C28H17N3. The van der Waals surface area contributed by atoms with Gasteiger partial charge in [0.15, 0.2) is 0 Å². The molecular weight excluding hydrogens is 378 g/mol.